The summed E-state index contributed by atoms with van der Waals surface area (Å²) in [5, 5.41) is 2.93. The second-order valence-electron chi connectivity index (χ2n) is 7.97. The number of halogens is 3. The summed E-state index contributed by atoms with van der Waals surface area (Å²) in [7, 11) is 3.32. The van der Waals surface area contributed by atoms with Crippen molar-refractivity contribution in [1.82, 2.24) is 19.9 Å². The van der Waals surface area contributed by atoms with Gasteiger partial charge in [0.05, 0.1) is 37.1 Å². The average molecular weight is 491 g/mol. The van der Waals surface area contributed by atoms with Crippen LogP contribution in [0.2, 0.25) is 5.02 Å². The SMILES string of the molecule is COC[C@@H](CO[C@H]1CC[C@H](Oc2nc3cnc(OCC(F)F)c(Cl)c3n2C)CC1)NC(C)=O. The fourth-order valence-electron chi connectivity index (χ4n) is 3.81. The molecule has 1 atom stereocenters. The average Bonchev–Trinajstić information content (AvgIpc) is 3.08. The van der Waals surface area contributed by atoms with Crippen molar-refractivity contribution >= 4 is 28.5 Å². The number of nitrogens with one attached hydrogen (secondary N) is 1. The van der Waals surface area contributed by atoms with Gasteiger partial charge in [-0.3, -0.25) is 9.36 Å². The minimum atomic E-state index is -2.63. The fraction of sp³-hybridized carbons (Fsp3) is 0.667. The van der Waals surface area contributed by atoms with Crippen molar-refractivity contribution in [3.63, 3.8) is 0 Å². The Morgan fingerprint density at radius 2 is 1.94 bits per heavy atom. The Kier molecular flexibility index (Phi) is 9.04. The Morgan fingerprint density at radius 1 is 1.24 bits per heavy atom. The molecule has 1 aliphatic rings. The number of carbonyl (C=O) groups is 1. The van der Waals surface area contributed by atoms with E-state index in [1.165, 1.54) is 13.1 Å². The summed E-state index contributed by atoms with van der Waals surface area (Å²) in [6.45, 7) is 1.45. The minimum absolute atomic E-state index is 0.0493. The van der Waals surface area contributed by atoms with Crippen LogP contribution in [0.5, 0.6) is 11.9 Å². The molecular weight excluding hydrogens is 462 g/mol. The number of amides is 1. The van der Waals surface area contributed by atoms with Gasteiger partial charge in [0.25, 0.3) is 12.4 Å². The van der Waals surface area contributed by atoms with E-state index in [-0.39, 0.29) is 35.1 Å². The second kappa shape index (κ2) is 11.8. The van der Waals surface area contributed by atoms with Gasteiger partial charge in [0, 0.05) is 21.1 Å². The summed E-state index contributed by atoms with van der Waals surface area (Å²) < 4.78 is 48.7. The minimum Gasteiger partial charge on any atom is -0.470 e. The highest BCUT2D eigenvalue weighted by Crippen LogP contribution is 2.34. The first-order valence-electron chi connectivity index (χ1n) is 10.7. The zero-order valence-corrected chi connectivity index (χ0v) is 19.6. The Morgan fingerprint density at radius 3 is 2.58 bits per heavy atom. The lowest BCUT2D eigenvalue weighted by Gasteiger charge is -2.29. The van der Waals surface area contributed by atoms with Gasteiger partial charge in [-0.25, -0.2) is 13.8 Å². The third-order valence-corrected chi connectivity index (χ3v) is 5.67. The largest absolute Gasteiger partial charge is 0.470 e. The van der Waals surface area contributed by atoms with Gasteiger partial charge in [-0.15, -0.1) is 0 Å². The number of methoxy groups -OCH3 is 1. The molecule has 2 aromatic rings. The van der Waals surface area contributed by atoms with Crippen LogP contribution in [-0.4, -0.2) is 72.0 Å². The van der Waals surface area contributed by atoms with Gasteiger partial charge < -0.3 is 24.3 Å². The van der Waals surface area contributed by atoms with Crippen LogP contribution in [0.15, 0.2) is 6.20 Å². The monoisotopic (exact) mass is 490 g/mol. The summed E-state index contributed by atoms with van der Waals surface area (Å²) in [6, 6.07) is 0.185. The first-order chi connectivity index (χ1) is 15.8. The summed E-state index contributed by atoms with van der Waals surface area (Å²) in [6.07, 6.45) is 1.99. The number of alkyl halides is 2. The van der Waals surface area contributed by atoms with E-state index in [0.717, 1.165) is 25.7 Å². The predicted octanol–water partition coefficient (Wildman–Crippen LogP) is 3.12. The molecule has 1 aliphatic carbocycles. The van der Waals surface area contributed by atoms with E-state index in [9.17, 15) is 13.6 Å². The first-order valence-corrected chi connectivity index (χ1v) is 11.1. The van der Waals surface area contributed by atoms with Gasteiger partial charge in [0.1, 0.15) is 16.6 Å². The van der Waals surface area contributed by atoms with Gasteiger partial charge >= 0.3 is 0 Å². The van der Waals surface area contributed by atoms with Crippen molar-refractivity contribution in [3.05, 3.63) is 11.2 Å². The van der Waals surface area contributed by atoms with E-state index in [1.807, 2.05) is 0 Å². The number of nitrogens with zero attached hydrogens (tertiary/aromatic N) is 3. The lowest BCUT2D eigenvalue weighted by molar-refractivity contribution is -0.121. The molecule has 33 heavy (non-hydrogen) atoms. The number of rotatable bonds is 11. The van der Waals surface area contributed by atoms with Crippen LogP contribution in [0.1, 0.15) is 32.6 Å². The molecule has 0 aliphatic heterocycles. The Bertz CT molecular complexity index is 937. The lowest BCUT2D eigenvalue weighted by atomic mass is 9.95. The van der Waals surface area contributed by atoms with Gasteiger partial charge in [0.15, 0.2) is 6.61 Å². The van der Waals surface area contributed by atoms with Crippen molar-refractivity contribution in [2.24, 2.45) is 7.05 Å². The number of hydrogen-bond donors (Lipinski definition) is 1. The molecule has 1 amide bonds. The molecule has 1 saturated carbocycles. The Hall–Kier alpha value is -2.24. The van der Waals surface area contributed by atoms with E-state index in [2.05, 4.69) is 15.3 Å². The van der Waals surface area contributed by atoms with E-state index >= 15 is 0 Å². The van der Waals surface area contributed by atoms with Crippen molar-refractivity contribution in [1.29, 1.82) is 0 Å². The molecule has 2 heterocycles. The zero-order valence-electron chi connectivity index (χ0n) is 18.9. The van der Waals surface area contributed by atoms with Gasteiger partial charge in [0.2, 0.25) is 11.8 Å². The number of hydrogen-bond acceptors (Lipinski definition) is 7. The Labute approximate surface area is 195 Å². The number of aryl methyl sites for hydroxylation is 1. The molecule has 0 saturated heterocycles. The summed E-state index contributed by atoms with van der Waals surface area (Å²) >= 11 is 6.32. The van der Waals surface area contributed by atoms with Crippen LogP contribution in [0.4, 0.5) is 8.78 Å². The molecule has 12 heteroatoms. The van der Waals surface area contributed by atoms with Crippen LogP contribution in [-0.2, 0) is 21.3 Å². The van der Waals surface area contributed by atoms with Crippen molar-refractivity contribution in [2.45, 2.75) is 57.3 Å². The molecule has 0 spiro atoms. The fourth-order valence-corrected chi connectivity index (χ4v) is 4.14. The van der Waals surface area contributed by atoms with E-state index in [1.54, 1.807) is 18.7 Å². The third kappa shape index (κ3) is 6.87. The number of imidazole rings is 1. The quantitative estimate of drug-likeness (QED) is 0.517. The predicted molar refractivity (Wildman–Crippen MR) is 117 cm³/mol. The molecule has 2 aromatic heterocycles. The van der Waals surface area contributed by atoms with Crippen LogP contribution in [0, 0.1) is 0 Å². The number of pyridine rings is 1. The van der Waals surface area contributed by atoms with Gasteiger partial charge in [-0.05, 0) is 25.7 Å². The number of aromatic nitrogens is 3. The topological polar surface area (TPSA) is 96.7 Å². The first kappa shape index (κ1) is 25.4. The zero-order chi connectivity index (χ0) is 24.0. The van der Waals surface area contributed by atoms with Crippen molar-refractivity contribution < 1.29 is 32.5 Å². The lowest BCUT2D eigenvalue weighted by Crippen LogP contribution is -2.41. The van der Waals surface area contributed by atoms with Crippen molar-refractivity contribution in [2.75, 3.05) is 26.9 Å². The van der Waals surface area contributed by atoms with E-state index in [4.69, 9.17) is 30.5 Å². The smallest absolute Gasteiger partial charge is 0.297 e. The van der Waals surface area contributed by atoms with E-state index < -0.39 is 13.0 Å². The molecule has 3 rings (SSSR count). The highest BCUT2D eigenvalue weighted by atomic mass is 35.5. The molecule has 9 nitrogen and oxygen atoms in total. The summed E-state index contributed by atoms with van der Waals surface area (Å²) in [5.41, 5.74) is 0.992. The number of ether oxygens (including phenoxy) is 4. The summed E-state index contributed by atoms with van der Waals surface area (Å²) in [4.78, 5) is 19.7. The molecule has 184 valence electrons. The molecule has 0 unspecified atom stereocenters. The van der Waals surface area contributed by atoms with Crippen LogP contribution < -0.4 is 14.8 Å². The number of fused-ring (bicyclic) bond motifs is 1. The molecule has 1 fully saturated rings. The molecule has 0 bridgehead atoms. The molecule has 1 N–H and O–H groups in total. The maximum Gasteiger partial charge on any atom is 0.297 e. The third-order valence-electron chi connectivity index (χ3n) is 5.33. The van der Waals surface area contributed by atoms with Crippen LogP contribution in [0.3, 0.4) is 0 Å². The normalized spacial score (nSPS) is 19.6. The van der Waals surface area contributed by atoms with Gasteiger partial charge in [-0.1, -0.05) is 11.6 Å². The standard InChI is InChI=1S/C21H29ClF2N4O5/c1-12(29)26-13(9-30-3)10-31-14-4-6-15(7-5-14)33-21-27-16-8-25-20(32-11-17(23)24)18(22)19(16)28(21)2/h8,13-15,17H,4-7,9-11H2,1-3H3,(H,26,29)/t13-,14-,15-/m0/s1. The Balaban J connectivity index is 1.55. The van der Waals surface area contributed by atoms with E-state index in [0.29, 0.717) is 30.3 Å². The maximum atomic E-state index is 12.4. The van der Waals surface area contributed by atoms with Crippen LogP contribution in [0.25, 0.3) is 11.0 Å². The van der Waals surface area contributed by atoms with Crippen molar-refractivity contribution in [3.8, 4) is 11.9 Å². The summed E-state index contributed by atoms with van der Waals surface area (Å²) in [5.74, 6) is -0.189. The second-order valence-corrected chi connectivity index (χ2v) is 8.35. The highest BCUT2D eigenvalue weighted by molar-refractivity contribution is 6.36. The van der Waals surface area contributed by atoms with Crippen LogP contribution >= 0.6 is 11.6 Å². The molecule has 0 radical (unpaired) electrons. The maximum absolute atomic E-state index is 12.4. The molecular formula is C21H29ClF2N4O5. The highest BCUT2D eigenvalue weighted by Gasteiger charge is 2.26. The number of carbonyl (C=O) groups excluding carboxylic acids is 1. The molecule has 0 aromatic carbocycles. The van der Waals surface area contributed by atoms with Gasteiger partial charge in [-0.2, -0.15) is 4.98 Å².